The van der Waals surface area contributed by atoms with Gasteiger partial charge in [0.1, 0.15) is 0 Å². The lowest BCUT2D eigenvalue weighted by molar-refractivity contribution is -0.123. The molecule has 1 rings (SSSR count). The summed E-state index contributed by atoms with van der Waals surface area (Å²) in [6.07, 6.45) is 0. The summed E-state index contributed by atoms with van der Waals surface area (Å²) in [6, 6.07) is 7.99. The monoisotopic (exact) mass is 281 g/mol. The van der Waals surface area contributed by atoms with Crippen LogP contribution < -0.4 is 5.32 Å². The number of amides is 1. The van der Waals surface area contributed by atoms with Crippen LogP contribution in [-0.4, -0.2) is 27.9 Å². The molecule has 0 saturated heterocycles. The van der Waals surface area contributed by atoms with E-state index in [-0.39, 0.29) is 5.91 Å². The first-order valence-electron chi connectivity index (χ1n) is 6.35. The second-order valence-corrected chi connectivity index (χ2v) is 6.80. The standard InChI is InChI=1S/C15H23NO2S/c1-11-8-6-7-9-12(11)19-10-13(17)16-14(2,3)15(4,5)18/h6-9,18H,10H2,1-5H3,(H,16,17). The van der Waals surface area contributed by atoms with Crippen molar-refractivity contribution in [3.8, 4) is 0 Å². The van der Waals surface area contributed by atoms with Crippen molar-refractivity contribution in [2.45, 2.75) is 50.7 Å². The van der Waals surface area contributed by atoms with Gasteiger partial charge >= 0.3 is 0 Å². The Morgan fingerprint density at radius 3 is 2.37 bits per heavy atom. The van der Waals surface area contributed by atoms with Gasteiger partial charge in [-0.15, -0.1) is 11.8 Å². The first-order chi connectivity index (χ1) is 8.63. The molecule has 0 aromatic heterocycles. The Labute approximate surface area is 119 Å². The minimum Gasteiger partial charge on any atom is -0.388 e. The number of hydrogen-bond donors (Lipinski definition) is 2. The Morgan fingerprint density at radius 1 is 1.26 bits per heavy atom. The second kappa shape index (κ2) is 5.97. The van der Waals surface area contributed by atoms with Gasteiger partial charge in [0.15, 0.2) is 0 Å². The van der Waals surface area contributed by atoms with Gasteiger partial charge in [-0.1, -0.05) is 18.2 Å². The minimum absolute atomic E-state index is 0.0691. The van der Waals surface area contributed by atoms with Gasteiger partial charge < -0.3 is 10.4 Å². The highest BCUT2D eigenvalue weighted by molar-refractivity contribution is 8.00. The molecule has 1 aromatic rings. The number of carbonyl (C=O) groups excluding carboxylic acids is 1. The van der Waals surface area contributed by atoms with E-state index in [1.807, 2.05) is 45.0 Å². The number of aryl methyl sites for hydroxylation is 1. The van der Waals surface area contributed by atoms with Gasteiger partial charge in [-0.2, -0.15) is 0 Å². The number of benzene rings is 1. The third-order valence-electron chi connectivity index (χ3n) is 3.43. The molecule has 0 radical (unpaired) electrons. The summed E-state index contributed by atoms with van der Waals surface area (Å²) >= 11 is 1.51. The van der Waals surface area contributed by atoms with Crippen molar-refractivity contribution in [1.29, 1.82) is 0 Å². The van der Waals surface area contributed by atoms with E-state index < -0.39 is 11.1 Å². The van der Waals surface area contributed by atoms with E-state index in [1.54, 1.807) is 13.8 Å². The van der Waals surface area contributed by atoms with Crippen molar-refractivity contribution in [2.75, 3.05) is 5.75 Å². The molecule has 1 aromatic carbocycles. The molecule has 0 bridgehead atoms. The normalized spacial score (nSPS) is 12.3. The van der Waals surface area contributed by atoms with Crippen LogP contribution in [0.5, 0.6) is 0 Å². The van der Waals surface area contributed by atoms with Crippen LogP contribution in [0, 0.1) is 6.92 Å². The summed E-state index contributed by atoms with van der Waals surface area (Å²) < 4.78 is 0. The molecule has 0 aliphatic heterocycles. The molecule has 0 atom stereocenters. The zero-order valence-electron chi connectivity index (χ0n) is 12.3. The fourth-order valence-corrected chi connectivity index (χ4v) is 2.23. The van der Waals surface area contributed by atoms with E-state index in [1.165, 1.54) is 17.3 Å². The van der Waals surface area contributed by atoms with Gasteiger partial charge in [-0.05, 0) is 46.2 Å². The Balaban J connectivity index is 2.56. The predicted octanol–water partition coefficient (Wildman–Crippen LogP) is 2.75. The summed E-state index contributed by atoms with van der Waals surface area (Å²) in [5, 5.41) is 12.9. The SMILES string of the molecule is Cc1ccccc1SCC(=O)NC(C)(C)C(C)(C)O. The maximum atomic E-state index is 11.9. The maximum Gasteiger partial charge on any atom is 0.230 e. The van der Waals surface area contributed by atoms with Crippen LogP contribution in [0.4, 0.5) is 0 Å². The predicted molar refractivity (Wildman–Crippen MR) is 80.4 cm³/mol. The molecule has 2 N–H and O–H groups in total. The molecule has 0 heterocycles. The van der Waals surface area contributed by atoms with Gasteiger partial charge in [0.05, 0.1) is 16.9 Å². The van der Waals surface area contributed by atoms with E-state index >= 15 is 0 Å². The number of thioether (sulfide) groups is 1. The van der Waals surface area contributed by atoms with E-state index in [2.05, 4.69) is 5.32 Å². The van der Waals surface area contributed by atoms with Crippen molar-refractivity contribution in [2.24, 2.45) is 0 Å². The molecule has 19 heavy (non-hydrogen) atoms. The number of aliphatic hydroxyl groups is 1. The molecule has 106 valence electrons. The molecule has 0 unspecified atom stereocenters. The molecule has 0 aliphatic rings. The van der Waals surface area contributed by atoms with Crippen LogP contribution >= 0.6 is 11.8 Å². The first-order valence-corrected chi connectivity index (χ1v) is 7.34. The highest BCUT2D eigenvalue weighted by Crippen LogP contribution is 2.23. The molecule has 1 amide bonds. The van der Waals surface area contributed by atoms with E-state index in [0.717, 1.165) is 4.90 Å². The van der Waals surface area contributed by atoms with Gasteiger partial charge in [0, 0.05) is 4.90 Å². The smallest absolute Gasteiger partial charge is 0.230 e. The molecular weight excluding hydrogens is 258 g/mol. The zero-order chi connectivity index (χ0) is 14.7. The van der Waals surface area contributed by atoms with Gasteiger partial charge in [0.25, 0.3) is 0 Å². The van der Waals surface area contributed by atoms with Crippen molar-refractivity contribution >= 4 is 17.7 Å². The third kappa shape index (κ3) is 4.55. The second-order valence-electron chi connectivity index (χ2n) is 5.79. The van der Waals surface area contributed by atoms with Crippen LogP contribution in [0.1, 0.15) is 33.3 Å². The summed E-state index contributed by atoms with van der Waals surface area (Å²) in [6.45, 7) is 9.07. The van der Waals surface area contributed by atoms with Crippen LogP contribution in [0.25, 0.3) is 0 Å². The largest absolute Gasteiger partial charge is 0.388 e. The highest BCUT2D eigenvalue weighted by Gasteiger charge is 2.36. The minimum atomic E-state index is -0.962. The molecule has 0 spiro atoms. The lowest BCUT2D eigenvalue weighted by atomic mass is 9.86. The van der Waals surface area contributed by atoms with Crippen molar-refractivity contribution in [1.82, 2.24) is 5.32 Å². The number of nitrogens with one attached hydrogen (secondary N) is 1. The number of hydrogen-bond acceptors (Lipinski definition) is 3. The van der Waals surface area contributed by atoms with Gasteiger partial charge in [-0.25, -0.2) is 0 Å². The maximum absolute atomic E-state index is 11.9. The average molecular weight is 281 g/mol. The number of carbonyl (C=O) groups is 1. The molecular formula is C15H23NO2S. The quantitative estimate of drug-likeness (QED) is 0.816. The zero-order valence-corrected chi connectivity index (χ0v) is 13.1. The first kappa shape index (κ1) is 16.1. The summed E-state index contributed by atoms with van der Waals surface area (Å²) in [4.78, 5) is 13.1. The lowest BCUT2D eigenvalue weighted by Gasteiger charge is -2.38. The molecule has 0 saturated carbocycles. The molecule has 0 fully saturated rings. The molecule has 0 aliphatic carbocycles. The van der Waals surface area contributed by atoms with Gasteiger partial charge in [0.2, 0.25) is 5.91 Å². The Bertz CT molecular complexity index is 450. The average Bonchev–Trinajstić information content (AvgIpc) is 2.26. The molecule has 3 nitrogen and oxygen atoms in total. The van der Waals surface area contributed by atoms with Crippen LogP contribution in [0.15, 0.2) is 29.2 Å². The lowest BCUT2D eigenvalue weighted by Crippen LogP contribution is -2.58. The Hall–Kier alpha value is -1.00. The van der Waals surface area contributed by atoms with E-state index in [0.29, 0.717) is 5.75 Å². The van der Waals surface area contributed by atoms with E-state index in [9.17, 15) is 9.90 Å². The Kier molecular flexibility index (Phi) is 5.04. The van der Waals surface area contributed by atoms with Crippen LogP contribution in [-0.2, 0) is 4.79 Å². The topological polar surface area (TPSA) is 49.3 Å². The third-order valence-corrected chi connectivity index (χ3v) is 4.61. The van der Waals surface area contributed by atoms with Crippen molar-refractivity contribution in [3.63, 3.8) is 0 Å². The summed E-state index contributed by atoms with van der Waals surface area (Å²) in [7, 11) is 0. The van der Waals surface area contributed by atoms with E-state index in [4.69, 9.17) is 0 Å². The summed E-state index contributed by atoms with van der Waals surface area (Å²) in [5.74, 6) is 0.282. The number of rotatable bonds is 5. The molecule has 4 heteroatoms. The fourth-order valence-electron chi connectivity index (χ4n) is 1.40. The van der Waals surface area contributed by atoms with Crippen molar-refractivity contribution in [3.05, 3.63) is 29.8 Å². The van der Waals surface area contributed by atoms with Crippen LogP contribution in [0.3, 0.4) is 0 Å². The van der Waals surface area contributed by atoms with Crippen molar-refractivity contribution < 1.29 is 9.90 Å². The highest BCUT2D eigenvalue weighted by atomic mass is 32.2. The fraction of sp³-hybridized carbons (Fsp3) is 0.533. The summed E-state index contributed by atoms with van der Waals surface area (Å²) in [5.41, 5.74) is -0.450. The van der Waals surface area contributed by atoms with Gasteiger partial charge in [-0.3, -0.25) is 4.79 Å². The Morgan fingerprint density at radius 2 is 1.84 bits per heavy atom. The van der Waals surface area contributed by atoms with Crippen LogP contribution in [0.2, 0.25) is 0 Å².